The molecule has 2 aromatic rings. The zero-order valence-corrected chi connectivity index (χ0v) is 14.4. The number of aromatic nitrogens is 3. The van der Waals surface area contributed by atoms with Crippen LogP contribution in [0.15, 0.2) is 24.4 Å². The first kappa shape index (κ1) is 17.3. The Morgan fingerprint density at radius 2 is 2.20 bits per heavy atom. The summed E-state index contributed by atoms with van der Waals surface area (Å²) in [5.74, 6) is -0.768. The molecular formula is C17H21FN4O3. The van der Waals surface area contributed by atoms with Crippen LogP contribution in [0.1, 0.15) is 42.4 Å². The second kappa shape index (κ2) is 6.44. The largest absolute Gasteiger partial charge is 0.497 e. The number of carbonyl (C=O) groups excluding carboxylic acids is 1. The number of likely N-dealkylation sites (tertiary alicyclic amines) is 1. The summed E-state index contributed by atoms with van der Waals surface area (Å²) in [6.45, 7) is 4.28. The van der Waals surface area contributed by atoms with Crippen molar-refractivity contribution in [2.75, 3.05) is 20.2 Å². The molecule has 1 aliphatic heterocycles. The minimum absolute atomic E-state index is 0.0455. The van der Waals surface area contributed by atoms with Gasteiger partial charge < -0.3 is 14.7 Å². The molecule has 7 nitrogen and oxygen atoms in total. The van der Waals surface area contributed by atoms with Gasteiger partial charge in [-0.15, -0.1) is 5.10 Å². The number of hydrogen-bond donors (Lipinski definition) is 1. The number of β-amino-alcohol motifs (C(OH)–C–C–N with tert-alkyl or cyclic N) is 1. The summed E-state index contributed by atoms with van der Waals surface area (Å²) in [4.78, 5) is 14.0. The van der Waals surface area contributed by atoms with E-state index in [1.807, 2.05) is 13.8 Å². The van der Waals surface area contributed by atoms with Crippen molar-refractivity contribution in [2.45, 2.75) is 31.9 Å². The van der Waals surface area contributed by atoms with Crippen LogP contribution < -0.4 is 4.74 Å². The molecule has 0 unspecified atom stereocenters. The molecule has 2 heterocycles. The number of aliphatic hydroxyl groups is 1. The Labute approximate surface area is 145 Å². The van der Waals surface area contributed by atoms with E-state index in [4.69, 9.17) is 4.74 Å². The summed E-state index contributed by atoms with van der Waals surface area (Å²) in [6, 6.07) is 4.22. The molecular weight excluding hydrogens is 327 g/mol. The summed E-state index contributed by atoms with van der Waals surface area (Å²) in [5, 5.41) is 18.9. The van der Waals surface area contributed by atoms with Gasteiger partial charge in [-0.05, 0) is 26.0 Å². The van der Waals surface area contributed by atoms with E-state index in [9.17, 15) is 14.3 Å². The minimum Gasteiger partial charge on any atom is -0.497 e. The van der Waals surface area contributed by atoms with Crippen molar-refractivity contribution >= 4 is 5.91 Å². The van der Waals surface area contributed by atoms with Gasteiger partial charge >= 0.3 is 0 Å². The highest BCUT2D eigenvalue weighted by Gasteiger charge is 2.42. The first-order valence-corrected chi connectivity index (χ1v) is 8.11. The zero-order chi connectivity index (χ0) is 18.2. The van der Waals surface area contributed by atoms with Gasteiger partial charge in [-0.25, -0.2) is 9.07 Å². The number of hydrogen-bond acceptors (Lipinski definition) is 5. The van der Waals surface area contributed by atoms with E-state index in [0.717, 1.165) is 0 Å². The topological polar surface area (TPSA) is 80.5 Å². The van der Waals surface area contributed by atoms with Gasteiger partial charge in [0, 0.05) is 25.1 Å². The molecule has 1 aromatic heterocycles. The molecule has 25 heavy (non-hydrogen) atoms. The van der Waals surface area contributed by atoms with Crippen LogP contribution in [0.5, 0.6) is 5.75 Å². The molecule has 0 aliphatic carbocycles. The lowest BCUT2D eigenvalue weighted by atomic mass is 10.00. The highest BCUT2D eigenvalue weighted by atomic mass is 19.1. The summed E-state index contributed by atoms with van der Waals surface area (Å²) < 4.78 is 20.7. The quantitative estimate of drug-likeness (QED) is 0.910. The monoisotopic (exact) mass is 348 g/mol. The fourth-order valence-electron chi connectivity index (χ4n) is 2.89. The van der Waals surface area contributed by atoms with E-state index in [1.54, 1.807) is 10.9 Å². The fourth-order valence-corrected chi connectivity index (χ4v) is 2.89. The molecule has 1 aliphatic rings. The number of nitrogens with zero attached hydrogens (tertiary/aromatic N) is 4. The van der Waals surface area contributed by atoms with Gasteiger partial charge in [-0.1, -0.05) is 5.21 Å². The van der Waals surface area contributed by atoms with Crippen molar-refractivity contribution in [1.29, 1.82) is 0 Å². The maximum Gasteiger partial charge on any atom is 0.256 e. The standard InChI is InChI=1S/C17H21FN4O3/c1-11(2)22-9-15(19-20-22)17(24)6-7-21(10-17)16(23)13-5-4-12(25-3)8-14(13)18/h4-5,8-9,11,24H,6-7,10H2,1-3H3/t17-/m0/s1. The Kier molecular flexibility index (Phi) is 4.47. The first-order valence-electron chi connectivity index (χ1n) is 8.11. The minimum atomic E-state index is -1.27. The number of benzene rings is 1. The molecule has 0 radical (unpaired) electrons. The molecule has 1 N–H and O–H groups in total. The van der Waals surface area contributed by atoms with E-state index in [-0.39, 0.29) is 18.2 Å². The molecule has 8 heteroatoms. The Balaban J connectivity index is 1.78. The highest BCUT2D eigenvalue weighted by molar-refractivity contribution is 5.95. The van der Waals surface area contributed by atoms with Gasteiger partial charge in [0.25, 0.3) is 5.91 Å². The summed E-state index contributed by atoms with van der Waals surface area (Å²) in [7, 11) is 1.43. The molecule has 3 rings (SSSR count). The van der Waals surface area contributed by atoms with Crippen LogP contribution in [0.3, 0.4) is 0 Å². The molecule has 1 saturated heterocycles. The maximum absolute atomic E-state index is 14.1. The predicted octanol–water partition coefficient (Wildman–Crippen LogP) is 1.74. The van der Waals surface area contributed by atoms with Crippen LogP contribution in [-0.2, 0) is 5.60 Å². The maximum atomic E-state index is 14.1. The second-order valence-electron chi connectivity index (χ2n) is 6.53. The van der Waals surface area contributed by atoms with Crippen molar-refractivity contribution < 1.29 is 19.0 Å². The second-order valence-corrected chi connectivity index (χ2v) is 6.53. The van der Waals surface area contributed by atoms with E-state index < -0.39 is 17.3 Å². The zero-order valence-electron chi connectivity index (χ0n) is 14.4. The molecule has 0 bridgehead atoms. The van der Waals surface area contributed by atoms with Crippen molar-refractivity contribution in [2.24, 2.45) is 0 Å². The fraction of sp³-hybridized carbons (Fsp3) is 0.471. The first-order chi connectivity index (χ1) is 11.8. The van der Waals surface area contributed by atoms with Gasteiger partial charge in [-0.3, -0.25) is 4.79 Å². The van der Waals surface area contributed by atoms with E-state index in [1.165, 1.54) is 30.2 Å². The van der Waals surface area contributed by atoms with E-state index in [0.29, 0.717) is 24.4 Å². The van der Waals surface area contributed by atoms with Gasteiger partial charge in [-0.2, -0.15) is 0 Å². The number of rotatable bonds is 4. The third-order valence-corrected chi connectivity index (χ3v) is 4.46. The van der Waals surface area contributed by atoms with Gasteiger partial charge in [0.15, 0.2) is 0 Å². The van der Waals surface area contributed by atoms with Crippen molar-refractivity contribution in [3.05, 3.63) is 41.5 Å². The average Bonchev–Trinajstić information content (AvgIpc) is 3.22. The summed E-state index contributed by atoms with van der Waals surface area (Å²) >= 11 is 0. The van der Waals surface area contributed by atoms with E-state index >= 15 is 0 Å². The smallest absolute Gasteiger partial charge is 0.256 e. The van der Waals surface area contributed by atoms with Crippen LogP contribution in [0.4, 0.5) is 4.39 Å². The van der Waals surface area contributed by atoms with E-state index in [2.05, 4.69) is 10.3 Å². The Bertz CT molecular complexity index is 792. The van der Waals surface area contributed by atoms with Crippen LogP contribution in [0.2, 0.25) is 0 Å². The van der Waals surface area contributed by atoms with Crippen molar-refractivity contribution in [1.82, 2.24) is 19.9 Å². The van der Waals surface area contributed by atoms with Gasteiger partial charge in [0.05, 0.1) is 25.4 Å². The van der Waals surface area contributed by atoms with Crippen LogP contribution in [0.25, 0.3) is 0 Å². The molecule has 1 atom stereocenters. The van der Waals surface area contributed by atoms with Crippen molar-refractivity contribution in [3.63, 3.8) is 0 Å². The number of amides is 1. The summed E-state index contributed by atoms with van der Waals surface area (Å²) in [5.41, 5.74) is -0.895. The Morgan fingerprint density at radius 3 is 2.80 bits per heavy atom. The number of ether oxygens (including phenoxy) is 1. The lowest BCUT2D eigenvalue weighted by molar-refractivity contribution is 0.0380. The molecule has 1 fully saturated rings. The van der Waals surface area contributed by atoms with Gasteiger partial charge in [0.1, 0.15) is 22.9 Å². The third kappa shape index (κ3) is 3.21. The van der Waals surface area contributed by atoms with Crippen molar-refractivity contribution in [3.8, 4) is 5.75 Å². The molecule has 1 aromatic carbocycles. The predicted molar refractivity (Wildman–Crippen MR) is 87.8 cm³/mol. The molecule has 0 saturated carbocycles. The number of methoxy groups -OCH3 is 1. The lowest BCUT2D eigenvalue weighted by Gasteiger charge is -2.21. The third-order valence-electron chi connectivity index (χ3n) is 4.46. The van der Waals surface area contributed by atoms with Crippen LogP contribution in [-0.4, -0.2) is 51.1 Å². The molecule has 1 amide bonds. The molecule has 0 spiro atoms. The lowest BCUT2D eigenvalue weighted by Crippen LogP contribution is -2.35. The normalized spacial score (nSPS) is 20.3. The Hall–Kier alpha value is -2.48. The highest BCUT2D eigenvalue weighted by Crippen LogP contribution is 2.32. The average molecular weight is 348 g/mol. The number of halogens is 1. The SMILES string of the molecule is COc1ccc(C(=O)N2CC[C@@](O)(c3cn(C(C)C)nn3)C2)c(F)c1. The molecule has 134 valence electrons. The van der Waals surface area contributed by atoms with Crippen LogP contribution >= 0.6 is 0 Å². The Morgan fingerprint density at radius 1 is 1.44 bits per heavy atom. The van der Waals surface area contributed by atoms with Gasteiger partial charge in [0.2, 0.25) is 0 Å². The van der Waals surface area contributed by atoms with Crippen LogP contribution in [0, 0.1) is 5.82 Å². The number of carbonyl (C=O) groups is 1. The summed E-state index contributed by atoms with van der Waals surface area (Å²) in [6.07, 6.45) is 2.01.